The van der Waals surface area contributed by atoms with Crippen LogP contribution >= 0.6 is 0 Å². The van der Waals surface area contributed by atoms with E-state index in [1.807, 2.05) is 6.08 Å². The number of ether oxygens (including phenoxy) is 4. The summed E-state index contributed by atoms with van der Waals surface area (Å²) < 4.78 is 22.4. The van der Waals surface area contributed by atoms with E-state index < -0.39 is 86.8 Å². The second kappa shape index (κ2) is 32.6. The molecular weight excluding hydrogens is 762 g/mol. The molecule has 2 aliphatic heterocycles. The topological polar surface area (TPSA) is 228 Å². The highest BCUT2D eigenvalue weighted by atomic mass is 16.7. The number of aliphatic hydroxyl groups is 8. The maximum atomic E-state index is 13.0. The van der Waals surface area contributed by atoms with Crippen LogP contribution in [0.25, 0.3) is 0 Å². The summed E-state index contributed by atoms with van der Waals surface area (Å²) >= 11 is 0. The first kappa shape index (κ1) is 53.1. The molecule has 14 heteroatoms. The smallest absolute Gasteiger partial charge is 0.220 e. The van der Waals surface area contributed by atoms with E-state index in [0.29, 0.717) is 6.42 Å². The fourth-order valence-corrected chi connectivity index (χ4v) is 6.99. The molecule has 1 amide bonds. The lowest BCUT2D eigenvalue weighted by Gasteiger charge is -2.46. The molecule has 2 aliphatic rings. The van der Waals surface area contributed by atoms with E-state index in [9.17, 15) is 45.6 Å². The van der Waals surface area contributed by atoms with E-state index in [1.165, 1.54) is 38.5 Å². The molecule has 0 radical (unpaired) electrons. The predicted molar refractivity (Wildman–Crippen MR) is 226 cm³/mol. The number of amides is 1. The lowest BCUT2D eigenvalue weighted by atomic mass is 9.97. The molecule has 0 aliphatic carbocycles. The summed E-state index contributed by atoms with van der Waals surface area (Å²) in [5.74, 6) is -0.265. The molecule has 2 heterocycles. The largest absolute Gasteiger partial charge is 0.394 e. The Morgan fingerprint density at radius 3 is 1.75 bits per heavy atom. The number of allylic oxidation sites excluding steroid dienone is 7. The Hall–Kier alpha value is -2.05. The van der Waals surface area contributed by atoms with Crippen molar-refractivity contribution in [2.75, 3.05) is 19.8 Å². The Bertz CT molecular complexity index is 1180. The third-order valence-corrected chi connectivity index (χ3v) is 10.8. The molecule has 0 aromatic rings. The van der Waals surface area contributed by atoms with Crippen LogP contribution in [0.4, 0.5) is 0 Å². The van der Waals surface area contributed by atoms with Crippen molar-refractivity contribution >= 4 is 5.91 Å². The van der Waals surface area contributed by atoms with Gasteiger partial charge in [-0.25, -0.2) is 0 Å². The Morgan fingerprint density at radius 1 is 0.610 bits per heavy atom. The van der Waals surface area contributed by atoms with Crippen molar-refractivity contribution in [3.63, 3.8) is 0 Å². The van der Waals surface area contributed by atoms with E-state index in [0.717, 1.165) is 70.6 Å². The summed E-state index contributed by atoms with van der Waals surface area (Å²) in [5.41, 5.74) is 0. The normalized spacial score (nSPS) is 29.0. The van der Waals surface area contributed by atoms with Gasteiger partial charge in [0.1, 0.15) is 48.8 Å². The lowest BCUT2D eigenvalue weighted by Crippen LogP contribution is -2.65. The SMILES string of the molecule is CCCC/C=C/C(O)C(COC1OC(CO)C(OC2OC(CO)C(O)C(O)C2O)C(O)C1O)NC(=O)CCCCCCCC/C=C\C/C=C\C/C=C\CCCCCCC. The van der Waals surface area contributed by atoms with Crippen LogP contribution in [0.15, 0.2) is 48.6 Å². The van der Waals surface area contributed by atoms with Crippen molar-refractivity contribution in [1.82, 2.24) is 5.32 Å². The molecule has 2 saturated heterocycles. The highest BCUT2D eigenvalue weighted by molar-refractivity contribution is 5.76. The first-order chi connectivity index (χ1) is 28.6. The zero-order chi connectivity index (χ0) is 43.3. The van der Waals surface area contributed by atoms with Crippen LogP contribution in [-0.4, -0.2) is 140 Å². The molecule has 0 aromatic heterocycles. The van der Waals surface area contributed by atoms with Crippen molar-refractivity contribution < 1.29 is 64.6 Å². The summed E-state index contributed by atoms with van der Waals surface area (Å²) in [6.45, 7) is 2.56. The number of unbranched alkanes of at least 4 members (excludes halogenated alkanes) is 13. The Morgan fingerprint density at radius 2 is 1.14 bits per heavy atom. The van der Waals surface area contributed by atoms with E-state index in [1.54, 1.807) is 6.08 Å². The number of hydrogen-bond acceptors (Lipinski definition) is 13. The molecule has 0 saturated carbocycles. The van der Waals surface area contributed by atoms with Gasteiger partial charge < -0.3 is 65.1 Å². The van der Waals surface area contributed by atoms with Crippen LogP contribution in [0.2, 0.25) is 0 Å². The van der Waals surface area contributed by atoms with E-state index in [-0.39, 0.29) is 18.9 Å². The number of hydrogen-bond donors (Lipinski definition) is 9. The summed E-state index contributed by atoms with van der Waals surface area (Å²) in [5, 5.41) is 85.8. The number of nitrogens with one attached hydrogen (secondary N) is 1. The Balaban J connectivity index is 1.75. The van der Waals surface area contributed by atoms with Gasteiger partial charge in [0.25, 0.3) is 0 Å². The van der Waals surface area contributed by atoms with Gasteiger partial charge in [-0.05, 0) is 51.4 Å². The minimum atomic E-state index is -1.79. The van der Waals surface area contributed by atoms with Gasteiger partial charge in [0.05, 0.1) is 32.0 Å². The molecular formula is C45H79NO13. The second-order valence-corrected chi connectivity index (χ2v) is 15.8. The first-order valence-electron chi connectivity index (χ1n) is 22.4. The number of carbonyl (C=O) groups excluding carboxylic acids is 1. The number of aliphatic hydroxyl groups excluding tert-OH is 8. The van der Waals surface area contributed by atoms with E-state index in [4.69, 9.17) is 18.9 Å². The minimum absolute atomic E-state index is 0.263. The molecule has 0 bridgehead atoms. The monoisotopic (exact) mass is 842 g/mol. The average Bonchev–Trinajstić information content (AvgIpc) is 3.23. The van der Waals surface area contributed by atoms with Crippen LogP contribution in [0, 0.1) is 0 Å². The van der Waals surface area contributed by atoms with E-state index in [2.05, 4.69) is 55.6 Å². The molecule has 0 aromatic carbocycles. The number of rotatable bonds is 32. The third kappa shape index (κ3) is 21.1. The van der Waals surface area contributed by atoms with Gasteiger partial charge in [0.15, 0.2) is 12.6 Å². The van der Waals surface area contributed by atoms with Crippen LogP contribution in [-0.2, 0) is 23.7 Å². The summed E-state index contributed by atoms with van der Waals surface area (Å²) in [6.07, 6.45) is 19.6. The van der Waals surface area contributed by atoms with Crippen LogP contribution in [0.3, 0.4) is 0 Å². The summed E-state index contributed by atoms with van der Waals surface area (Å²) in [7, 11) is 0. The van der Waals surface area contributed by atoms with Gasteiger partial charge >= 0.3 is 0 Å². The van der Waals surface area contributed by atoms with Crippen molar-refractivity contribution in [3.8, 4) is 0 Å². The summed E-state index contributed by atoms with van der Waals surface area (Å²) in [4.78, 5) is 13.0. The number of carbonyl (C=O) groups is 1. The molecule has 2 rings (SSSR count). The molecule has 2 fully saturated rings. The quantitative estimate of drug-likeness (QED) is 0.0343. The Kier molecular flexibility index (Phi) is 29.4. The maximum absolute atomic E-state index is 13.0. The van der Waals surface area contributed by atoms with Crippen molar-refractivity contribution in [1.29, 1.82) is 0 Å². The van der Waals surface area contributed by atoms with Crippen molar-refractivity contribution in [3.05, 3.63) is 48.6 Å². The van der Waals surface area contributed by atoms with Crippen LogP contribution < -0.4 is 5.32 Å². The fraction of sp³-hybridized carbons (Fsp3) is 0.800. The van der Waals surface area contributed by atoms with E-state index >= 15 is 0 Å². The van der Waals surface area contributed by atoms with Gasteiger partial charge in [-0.3, -0.25) is 4.79 Å². The standard InChI is InChI=1S/C45H79NO13/c1-3-5-7-9-10-11-12-13-14-15-16-17-18-19-20-21-22-23-24-25-27-29-37(50)46-33(34(49)28-26-8-6-4-2)32-56-44-42(55)40(53)43(36(31-48)58-44)59-45-41(54)39(52)38(51)35(30-47)57-45/h12-13,15-16,18-19,26,28,33-36,38-45,47-49,51-55H,3-11,14,17,20-25,27,29-32H2,1-2H3,(H,46,50)/b13-12-,16-15-,19-18-,28-26+. The molecule has 0 spiro atoms. The minimum Gasteiger partial charge on any atom is -0.394 e. The lowest BCUT2D eigenvalue weighted by molar-refractivity contribution is -0.359. The predicted octanol–water partition coefficient (Wildman–Crippen LogP) is 4.15. The average molecular weight is 842 g/mol. The second-order valence-electron chi connectivity index (χ2n) is 15.8. The zero-order valence-corrected chi connectivity index (χ0v) is 35.7. The highest BCUT2D eigenvalue weighted by Crippen LogP contribution is 2.30. The van der Waals surface area contributed by atoms with Crippen LogP contribution in [0.5, 0.6) is 0 Å². The molecule has 342 valence electrons. The first-order valence-corrected chi connectivity index (χ1v) is 22.4. The van der Waals surface area contributed by atoms with Crippen LogP contribution in [0.1, 0.15) is 136 Å². The summed E-state index contributed by atoms with van der Waals surface area (Å²) in [6, 6.07) is -0.917. The van der Waals surface area contributed by atoms with Crippen molar-refractivity contribution in [2.24, 2.45) is 0 Å². The van der Waals surface area contributed by atoms with Gasteiger partial charge in [-0.2, -0.15) is 0 Å². The maximum Gasteiger partial charge on any atom is 0.220 e. The van der Waals surface area contributed by atoms with Crippen molar-refractivity contribution in [2.45, 2.75) is 209 Å². The van der Waals surface area contributed by atoms with Gasteiger partial charge in [-0.1, -0.05) is 127 Å². The third-order valence-electron chi connectivity index (χ3n) is 10.8. The van der Waals surface area contributed by atoms with Gasteiger partial charge in [-0.15, -0.1) is 0 Å². The molecule has 59 heavy (non-hydrogen) atoms. The molecule has 12 unspecified atom stereocenters. The van der Waals surface area contributed by atoms with Gasteiger partial charge in [0, 0.05) is 6.42 Å². The molecule has 9 N–H and O–H groups in total. The molecule has 14 nitrogen and oxygen atoms in total. The zero-order valence-electron chi connectivity index (χ0n) is 35.7. The van der Waals surface area contributed by atoms with Gasteiger partial charge in [0.2, 0.25) is 5.91 Å². The Labute approximate surface area is 353 Å². The fourth-order valence-electron chi connectivity index (χ4n) is 6.99. The highest BCUT2D eigenvalue weighted by Gasteiger charge is 2.50. The molecule has 12 atom stereocenters.